The number of ketones is 1. The fourth-order valence-corrected chi connectivity index (χ4v) is 2.83. The third kappa shape index (κ3) is 3.19. The first-order valence-electron chi connectivity index (χ1n) is 7.53. The summed E-state index contributed by atoms with van der Waals surface area (Å²) in [6.45, 7) is 2.52. The van der Waals surface area contributed by atoms with Gasteiger partial charge in [-0.1, -0.05) is 18.2 Å². The van der Waals surface area contributed by atoms with Crippen molar-refractivity contribution in [1.82, 2.24) is 10.3 Å². The maximum absolute atomic E-state index is 12.5. The van der Waals surface area contributed by atoms with Gasteiger partial charge in [-0.2, -0.15) is 0 Å². The first-order chi connectivity index (χ1) is 10.2. The molecule has 1 unspecified atom stereocenters. The van der Waals surface area contributed by atoms with Crippen LogP contribution in [-0.2, 0) is 19.4 Å². The average molecular weight is 280 g/mol. The van der Waals surface area contributed by atoms with Gasteiger partial charge < -0.3 is 5.32 Å². The van der Waals surface area contributed by atoms with Crippen molar-refractivity contribution >= 4 is 5.78 Å². The van der Waals surface area contributed by atoms with E-state index in [1.165, 1.54) is 17.5 Å². The highest BCUT2D eigenvalue weighted by atomic mass is 16.1. The number of hydrogen-bond acceptors (Lipinski definition) is 3. The van der Waals surface area contributed by atoms with Crippen LogP contribution in [0.2, 0.25) is 0 Å². The normalized spacial score (nSPS) is 14.7. The van der Waals surface area contributed by atoms with Crippen molar-refractivity contribution in [1.29, 1.82) is 0 Å². The monoisotopic (exact) mass is 280 g/mol. The summed E-state index contributed by atoms with van der Waals surface area (Å²) < 4.78 is 0. The fraction of sp³-hybridized carbons (Fsp3) is 0.333. The van der Waals surface area contributed by atoms with Crippen LogP contribution in [0.4, 0.5) is 0 Å². The lowest BCUT2D eigenvalue weighted by Crippen LogP contribution is -2.33. The van der Waals surface area contributed by atoms with Crippen LogP contribution in [0.15, 0.2) is 42.6 Å². The maximum atomic E-state index is 12.5. The summed E-state index contributed by atoms with van der Waals surface area (Å²) in [6.07, 6.45) is 5.23. The Bertz CT molecular complexity index is 637. The van der Waals surface area contributed by atoms with E-state index in [4.69, 9.17) is 0 Å². The predicted octanol–water partition coefficient (Wildman–Crippen LogP) is 2.93. The van der Waals surface area contributed by atoms with Gasteiger partial charge in [0.25, 0.3) is 0 Å². The molecule has 3 heteroatoms. The number of fused-ring (bicyclic) bond motifs is 1. The lowest BCUT2D eigenvalue weighted by atomic mass is 10.0. The van der Waals surface area contributed by atoms with E-state index >= 15 is 0 Å². The van der Waals surface area contributed by atoms with E-state index in [2.05, 4.69) is 22.4 Å². The lowest BCUT2D eigenvalue weighted by molar-refractivity contribution is 0.0950. The molecule has 0 aliphatic heterocycles. The number of rotatable bonds is 5. The molecule has 1 atom stereocenters. The molecule has 0 bridgehead atoms. The number of carbonyl (C=O) groups excluding carboxylic acids is 1. The summed E-state index contributed by atoms with van der Waals surface area (Å²) in [6, 6.07) is 11.8. The summed E-state index contributed by atoms with van der Waals surface area (Å²) in [5.41, 5.74) is 4.51. The molecular weight excluding hydrogens is 260 g/mol. The number of hydrogen-bond donors (Lipinski definition) is 1. The van der Waals surface area contributed by atoms with Gasteiger partial charge in [-0.15, -0.1) is 0 Å². The Kier molecular flexibility index (Phi) is 4.11. The Morgan fingerprint density at radius 1 is 1.24 bits per heavy atom. The van der Waals surface area contributed by atoms with Crippen molar-refractivity contribution in [3.63, 3.8) is 0 Å². The summed E-state index contributed by atoms with van der Waals surface area (Å²) in [5.74, 6) is 0.153. The average Bonchev–Trinajstić information content (AvgIpc) is 3.00. The van der Waals surface area contributed by atoms with Gasteiger partial charge in [0, 0.05) is 18.3 Å². The molecule has 1 aromatic carbocycles. The molecule has 1 aromatic heterocycles. The molecule has 21 heavy (non-hydrogen) atoms. The van der Waals surface area contributed by atoms with Crippen LogP contribution in [0.5, 0.6) is 0 Å². The molecule has 3 nitrogen and oxygen atoms in total. The number of benzene rings is 1. The zero-order valence-electron chi connectivity index (χ0n) is 12.3. The zero-order chi connectivity index (χ0) is 14.7. The molecule has 1 N–H and O–H groups in total. The largest absolute Gasteiger partial charge is 0.302 e. The highest BCUT2D eigenvalue weighted by Crippen LogP contribution is 2.23. The Morgan fingerprint density at radius 3 is 2.90 bits per heavy atom. The molecule has 0 spiro atoms. The fourth-order valence-electron chi connectivity index (χ4n) is 2.83. The third-order valence-electron chi connectivity index (χ3n) is 4.09. The third-order valence-corrected chi connectivity index (χ3v) is 4.09. The molecule has 1 aliphatic carbocycles. The van der Waals surface area contributed by atoms with E-state index in [0.29, 0.717) is 6.54 Å². The zero-order valence-corrected chi connectivity index (χ0v) is 12.3. The molecule has 0 fully saturated rings. The van der Waals surface area contributed by atoms with Gasteiger partial charge in [0.15, 0.2) is 5.78 Å². The molecule has 0 saturated carbocycles. The number of pyridine rings is 1. The van der Waals surface area contributed by atoms with E-state index < -0.39 is 0 Å². The number of Topliss-reactive ketones (excluding diaryl/α,β-unsaturated/α-hetero) is 1. The van der Waals surface area contributed by atoms with E-state index in [9.17, 15) is 4.79 Å². The number of nitrogens with zero attached hydrogens (tertiary/aromatic N) is 1. The highest BCUT2D eigenvalue weighted by Gasteiger charge is 2.18. The first kappa shape index (κ1) is 14.0. The van der Waals surface area contributed by atoms with Crippen LogP contribution in [-0.4, -0.2) is 16.8 Å². The van der Waals surface area contributed by atoms with Crippen molar-refractivity contribution in [3.05, 3.63) is 65.0 Å². The predicted molar refractivity (Wildman–Crippen MR) is 83.3 cm³/mol. The minimum absolute atomic E-state index is 0.153. The lowest BCUT2D eigenvalue weighted by Gasteiger charge is -2.13. The summed E-state index contributed by atoms with van der Waals surface area (Å²) in [7, 11) is 0. The number of carbonyl (C=O) groups is 1. The second-order valence-electron chi connectivity index (χ2n) is 5.62. The van der Waals surface area contributed by atoms with Gasteiger partial charge in [-0.05, 0) is 55.5 Å². The Balaban J connectivity index is 1.64. The van der Waals surface area contributed by atoms with Crippen molar-refractivity contribution < 1.29 is 4.79 Å². The molecule has 0 radical (unpaired) electrons. The minimum Gasteiger partial charge on any atom is -0.302 e. The van der Waals surface area contributed by atoms with Gasteiger partial charge in [0.2, 0.25) is 0 Å². The number of aromatic nitrogens is 1. The van der Waals surface area contributed by atoms with Gasteiger partial charge in [0.1, 0.15) is 0 Å². The number of aryl methyl sites for hydroxylation is 2. The van der Waals surface area contributed by atoms with Crippen molar-refractivity contribution in [2.75, 3.05) is 0 Å². The first-order valence-corrected chi connectivity index (χ1v) is 7.53. The number of nitrogens with one attached hydrogen (secondary N) is 1. The van der Waals surface area contributed by atoms with E-state index in [1.54, 1.807) is 6.20 Å². The van der Waals surface area contributed by atoms with E-state index in [-0.39, 0.29) is 11.8 Å². The molecule has 0 saturated heterocycles. The van der Waals surface area contributed by atoms with Gasteiger partial charge in [0.05, 0.1) is 11.7 Å². The minimum atomic E-state index is -0.202. The Morgan fingerprint density at radius 2 is 2.10 bits per heavy atom. The van der Waals surface area contributed by atoms with Crippen molar-refractivity contribution in [2.45, 2.75) is 38.8 Å². The quantitative estimate of drug-likeness (QED) is 0.856. The Hall–Kier alpha value is -2.00. The van der Waals surface area contributed by atoms with Crippen LogP contribution in [0.25, 0.3) is 0 Å². The molecule has 108 valence electrons. The Labute approximate surface area is 125 Å². The van der Waals surface area contributed by atoms with Crippen LogP contribution < -0.4 is 5.32 Å². The maximum Gasteiger partial charge on any atom is 0.179 e. The SMILES string of the molecule is CC(NCc1ccccn1)C(=O)c1ccc2c(c1)CCC2. The van der Waals surface area contributed by atoms with Crippen LogP contribution >= 0.6 is 0 Å². The van der Waals surface area contributed by atoms with Gasteiger partial charge in [-0.25, -0.2) is 0 Å². The highest BCUT2D eigenvalue weighted by molar-refractivity contribution is 6.00. The van der Waals surface area contributed by atoms with Crippen LogP contribution in [0, 0.1) is 0 Å². The molecule has 2 aromatic rings. The summed E-state index contributed by atoms with van der Waals surface area (Å²) in [5, 5.41) is 3.25. The van der Waals surface area contributed by atoms with Crippen LogP contribution in [0.3, 0.4) is 0 Å². The molecule has 1 heterocycles. The smallest absolute Gasteiger partial charge is 0.179 e. The summed E-state index contributed by atoms with van der Waals surface area (Å²) in [4.78, 5) is 16.7. The van der Waals surface area contributed by atoms with E-state index in [1.807, 2.05) is 31.2 Å². The summed E-state index contributed by atoms with van der Waals surface area (Å²) >= 11 is 0. The van der Waals surface area contributed by atoms with Gasteiger partial charge >= 0.3 is 0 Å². The molecule has 1 aliphatic rings. The second-order valence-corrected chi connectivity index (χ2v) is 5.62. The van der Waals surface area contributed by atoms with E-state index in [0.717, 1.165) is 24.1 Å². The molecule has 0 amide bonds. The second kappa shape index (κ2) is 6.19. The van der Waals surface area contributed by atoms with Crippen LogP contribution in [0.1, 0.15) is 40.5 Å². The topological polar surface area (TPSA) is 42.0 Å². The van der Waals surface area contributed by atoms with Crippen molar-refractivity contribution in [2.24, 2.45) is 0 Å². The standard InChI is InChI=1S/C18H20N2O/c1-13(20-12-17-7-2-3-10-19-17)18(21)16-9-8-14-5-4-6-15(14)11-16/h2-3,7-11,13,20H,4-6,12H2,1H3. The van der Waals surface area contributed by atoms with Crippen molar-refractivity contribution in [3.8, 4) is 0 Å². The van der Waals surface area contributed by atoms with Gasteiger partial charge in [-0.3, -0.25) is 9.78 Å². The molecular formula is C18H20N2O. The molecule has 3 rings (SSSR count).